The number of carbonyl (C=O) groups is 1. The molecule has 0 radical (unpaired) electrons. The van der Waals surface area contributed by atoms with Crippen LogP contribution in [0.3, 0.4) is 0 Å². The highest BCUT2D eigenvalue weighted by molar-refractivity contribution is 6.35. The van der Waals surface area contributed by atoms with E-state index in [-0.39, 0.29) is 5.91 Å². The number of amides is 1. The zero-order valence-electron chi connectivity index (χ0n) is 13.2. The van der Waals surface area contributed by atoms with Crippen molar-refractivity contribution in [1.82, 2.24) is 14.8 Å². The third-order valence-electron chi connectivity index (χ3n) is 3.41. The fourth-order valence-electron chi connectivity index (χ4n) is 2.30. The lowest BCUT2D eigenvalue weighted by molar-refractivity contribution is 0.102. The summed E-state index contributed by atoms with van der Waals surface area (Å²) in [6, 6.07) is 8.82. The quantitative estimate of drug-likeness (QED) is 0.731. The van der Waals surface area contributed by atoms with Gasteiger partial charge in [0.25, 0.3) is 5.91 Å². The number of ether oxygens (including phenoxy) is 1. The van der Waals surface area contributed by atoms with Gasteiger partial charge >= 0.3 is 0 Å². The Kier molecular flexibility index (Phi) is 5.33. The van der Waals surface area contributed by atoms with E-state index in [1.165, 1.54) is 17.1 Å². The summed E-state index contributed by atoms with van der Waals surface area (Å²) >= 11 is 12.0. The fraction of sp³-hybridized carbons (Fsp3) is 0.118. The monoisotopic (exact) mass is 376 g/mol. The Bertz CT molecular complexity index is 911. The lowest BCUT2D eigenvalue weighted by atomic mass is 10.1. The minimum absolute atomic E-state index is 0.248. The van der Waals surface area contributed by atoms with Gasteiger partial charge in [-0.1, -0.05) is 41.4 Å². The molecule has 1 aromatic carbocycles. The van der Waals surface area contributed by atoms with Crippen LogP contribution in [0.15, 0.2) is 48.9 Å². The van der Waals surface area contributed by atoms with Gasteiger partial charge in [-0.15, -0.1) is 0 Å². The number of carbonyl (C=O) groups excluding carboxylic acids is 1. The van der Waals surface area contributed by atoms with Crippen molar-refractivity contribution in [2.24, 2.45) is 0 Å². The number of nitrogens with zero attached hydrogens (tertiary/aromatic N) is 3. The van der Waals surface area contributed by atoms with Gasteiger partial charge in [0.05, 0.1) is 34.7 Å². The van der Waals surface area contributed by atoms with Crippen LogP contribution in [0.1, 0.15) is 15.9 Å². The molecule has 2 heterocycles. The van der Waals surface area contributed by atoms with Gasteiger partial charge in [0.15, 0.2) is 5.82 Å². The molecule has 2 aromatic heterocycles. The molecule has 1 N–H and O–H groups in total. The summed E-state index contributed by atoms with van der Waals surface area (Å²) in [5, 5.41) is 7.77. The van der Waals surface area contributed by atoms with E-state index in [4.69, 9.17) is 27.9 Å². The third-order valence-corrected chi connectivity index (χ3v) is 3.89. The second-order valence-electron chi connectivity index (χ2n) is 5.18. The Morgan fingerprint density at radius 1 is 1.28 bits per heavy atom. The summed E-state index contributed by atoms with van der Waals surface area (Å²) in [6.45, 7) is 0.354. The third kappa shape index (κ3) is 3.99. The topological polar surface area (TPSA) is 69.0 Å². The summed E-state index contributed by atoms with van der Waals surface area (Å²) in [4.78, 5) is 16.6. The summed E-state index contributed by atoms with van der Waals surface area (Å²) < 4.78 is 6.59. The molecule has 0 spiro atoms. The minimum Gasteiger partial charge on any atom is -0.380 e. The molecule has 3 aromatic rings. The molecular formula is C17H14Cl2N4O2. The van der Waals surface area contributed by atoms with Crippen molar-refractivity contribution in [1.29, 1.82) is 0 Å². The average Bonchev–Trinajstić information content (AvgIpc) is 3.03. The lowest BCUT2D eigenvalue weighted by Gasteiger charge is -2.08. The van der Waals surface area contributed by atoms with Crippen molar-refractivity contribution in [2.75, 3.05) is 12.4 Å². The van der Waals surface area contributed by atoms with Crippen LogP contribution in [-0.4, -0.2) is 27.8 Å². The first kappa shape index (κ1) is 17.4. The van der Waals surface area contributed by atoms with Crippen molar-refractivity contribution >= 4 is 34.8 Å². The highest BCUT2D eigenvalue weighted by Crippen LogP contribution is 2.22. The summed E-state index contributed by atoms with van der Waals surface area (Å²) in [7, 11) is 1.58. The van der Waals surface area contributed by atoms with Crippen LogP contribution >= 0.6 is 23.2 Å². The Balaban J connectivity index is 1.81. The van der Waals surface area contributed by atoms with Crippen molar-refractivity contribution in [3.8, 4) is 5.82 Å². The number of halogens is 2. The Morgan fingerprint density at radius 2 is 2.08 bits per heavy atom. The molecule has 8 heteroatoms. The number of rotatable bonds is 5. The van der Waals surface area contributed by atoms with Crippen molar-refractivity contribution < 1.29 is 9.53 Å². The van der Waals surface area contributed by atoms with Crippen LogP contribution < -0.4 is 5.32 Å². The van der Waals surface area contributed by atoms with E-state index in [2.05, 4.69) is 15.4 Å². The zero-order chi connectivity index (χ0) is 17.8. The first-order valence-electron chi connectivity index (χ1n) is 7.33. The van der Waals surface area contributed by atoms with Crippen LogP contribution in [0.5, 0.6) is 0 Å². The van der Waals surface area contributed by atoms with Crippen molar-refractivity contribution in [3.05, 3.63) is 70.1 Å². The molecule has 0 aliphatic heterocycles. The number of aromatic nitrogens is 3. The van der Waals surface area contributed by atoms with Crippen molar-refractivity contribution in [3.63, 3.8) is 0 Å². The molecular weight excluding hydrogens is 363 g/mol. The molecule has 0 fully saturated rings. The molecule has 25 heavy (non-hydrogen) atoms. The molecule has 0 unspecified atom stereocenters. The number of anilines is 1. The predicted octanol–water partition coefficient (Wildman–Crippen LogP) is 3.97. The standard InChI is InChI=1S/C17H14Cl2N4O2/c1-25-10-11-4-2-3-5-14(11)17(24)22-13-8-21-23(9-13)16-15(19)6-12(18)7-20-16/h2-9H,10H2,1H3,(H,22,24). The number of methoxy groups -OCH3 is 1. The number of pyridine rings is 1. The average molecular weight is 377 g/mol. The molecule has 0 aliphatic rings. The minimum atomic E-state index is -0.248. The smallest absolute Gasteiger partial charge is 0.256 e. The maximum Gasteiger partial charge on any atom is 0.256 e. The van der Waals surface area contributed by atoms with Gasteiger partial charge in [0.1, 0.15) is 0 Å². The van der Waals surface area contributed by atoms with Gasteiger partial charge in [0, 0.05) is 18.9 Å². The van der Waals surface area contributed by atoms with E-state index in [1.807, 2.05) is 12.1 Å². The molecule has 0 bridgehead atoms. The number of benzene rings is 1. The van der Waals surface area contributed by atoms with E-state index >= 15 is 0 Å². The maximum atomic E-state index is 12.5. The Labute approximate surface area is 154 Å². The Morgan fingerprint density at radius 3 is 2.84 bits per heavy atom. The van der Waals surface area contributed by atoms with E-state index in [0.717, 1.165) is 5.56 Å². The van der Waals surface area contributed by atoms with E-state index in [9.17, 15) is 4.79 Å². The number of hydrogen-bond donors (Lipinski definition) is 1. The van der Waals surface area contributed by atoms with Crippen LogP contribution in [0.2, 0.25) is 10.0 Å². The maximum absolute atomic E-state index is 12.5. The van der Waals surface area contributed by atoms with E-state index < -0.39 is 0 Å². The van der Waals surface area contributed by atoms with Gasteiger partial charge in [-0.3, -0.25) is 4.79 Å². The molecule has 0 atom stereocenters. The van der Waals surface area contributed by atoms with E-state index in [0.29, 0.717) is 33.7 Å². The molecule has 0 saturated heterocycles. The van der Waals surface area contributed by atoms with Crippen molar-refractivity contribution in [2.45, 2.75) is 6.61 Å². The van der Waals surface area contributed by atoms with E-state index in [1.54, 1.807) is 31.5 Å². The van der Waals surface area contributed by atoms with Gasteiger partial charge in [-0.2, -0.15) is 5.10 Å². The first-order valence-corrected chi connectivity index (χ1v) is 8.08. The summed E-state index contributed by atoms with van der Waals surface area (Å²) in [5.41, 5.74) is 1.86. The van der Waals surface area contributed by atoms with Gasteiger partial charge < -0.3 is 10.1 Å². The fourth-order valence-corrected chi connectivity index (χ4v) is 2.77. The number of nitrogens with one attached hydrogen (secondary N) is 1. The molecule has 1 amide bonds. The second-order valence-corrected chi connectivity index (χ2v) is 6.02. The molecule has 0 saturated carbocycles. The summed E-state index contributed by atoms with van der Waals surface area (Å²) in [5.74, 6) is 0.175. The lowest BCUT2D eigenvalue weighted by Crippen LogP contribution is -2.14. The zero-order valence-corrected chi connectivity index (χ0v) is 14.8. The molecule has 6 nitrogen and oxygen atoms in total. The SMILES string of the molecule is COCc1ccccc1C(=O)Nc1cnn(-c2ncc(Cl)cc2Cl)c1. The Hall–Kier alpha value is -2.41. The highest BCUT2D eigenvalue weighted by atomic mass is 35.5. The summed E-state index contributed by atoms with van der Waals surface area (Å²) in [6.07, 6.45) is 4.62. The first-order chi connectivity index (χ1) is 12.1. The van der Waals surface area contributed by atoms with Gasteiger partial charge in [-0.25, -0.2) is 9.67 Å². The van der Waals surface area contributed by atoms with Gasteiger partial charge in [-0.05, 0) is 17.7 Å². The molecule has 128 valence electrons. The highest BCUT2D eigenvalue weighted by Gasteiger charge is 2.13. The second kappa shape index (κ2) is 7.65. The van der Waals surface area contributed by atoms with Crippen LogP contribution in [-0.2, 0) is 11.3 Å². The largest absolute Gasteiger partial charge is 0.380 e. The van der Waals surface area contributed by atoms with Crippen LogP contribution in [0, 0.1) is 0 Å². The number of hydrogen-bond acceptors (Lipinski definition) is 4. The normalized spacial score (nSPS) is 10.7. The molecule has 0 aliphatic carbocycles. The van der Waals surface area contributed by atoms with Crippen LogP contribution in [0.25, 0.3) is 5.82 Å². The van der Waals surface area contributed by atoms with Gasteiger partial charge in [0.2, 0.25) is 0 Å². The molecule has 3 rings (SSSR count). The van der Waals surface area contributed by atoms with Crippen LogP contribution in [0.4, 0.5) is 5.69 Å². The predicted molar refractivity (Wildman–Crippen MR) is 96.5 cm³/mol.